The van der Waals surface area contributed by atoms with Crippen LogP contribution < -0.4 is 11.1 Å². The van der Waals surface area contributed by atoms with Crippen molar-refractivity contribution >= 4 is 5.91 Å². The molecule has 0 saturated heterocycles. The van der Waals surface area contributed by atoms with Crippen molar-refractivity contribution in [3.63, 3.8) is 0 Å². The van der Waals surface area contributed by atoms with E-state index in [0.29, 0.717) is 12.3 Å². The number of nitrogens with two attached hydrogens (primary N) is 1. The van der Waals surface area contributed by atoms with Crippen LogP contribution >= 0.6 is 0 Å². The maximum Gasteiger partial charge on any atom is 0.220 e. The number of hydrogen-bond donors (Lipinski definition) is 2. The van der Waals surface area contributed by atoms with Gasteiger partial charge in [-0.15, -0.1) is 0 Å². The lowest BCUT2D eigenvalue weighted by Gasteiger charge is -2.18. The molecule has 3 nitrogen and oxygen atoms in total. The second kappa shape index (κ2) is 5.57. The van der Waals surface area contributed by atoms with Crippen molar-refractivity contribution in [3.8, 4) is 0 Å². The summed E-state index contributed by atoms with van der Waals surface area (Å²) in [5, 5.41) is 3.21. The minimum Gasteiger partial charge on any atom is -0.349 e. The van der Waals surface area contributed by atoms with Crippen LogP contribution in [0.2, 0.25) is 0 Å². The summed E-state index contributed by atoms with van der Waals surface area (Å²) in [4.78, 5) is 12.2. The first kappa shape index (κ1) is 13.6. The molecule has 1 aromatic carbocycles. The molecule has 20 heavy (non-hydrogen) atoms. The van der Waals surface area contributed by atoms with Crippen LogP contribution in [0, 0.1) is 12.8 Å². The van der Waals surface area contributed by atoms with E-state index >= 15 is 0 Å². The van der Waals surface area contributed by atoms with Gasteiger partial charge in [-0.1, -0.05) is 30.2 Å². The van der Waals surface area contributed by atoms with Gasteiger partial charge in [0.2, 0.25) is 5.91 Å². The molecule has 1 amide bonds. The SMILES string of the molecule is Cc1ccc2c(c1)CCC2NC(=O)C[C@@H]1CCC[C@H]1N. The molecule has 0 radical (unpaired) electrons. The van der Waals surface area contributed by atoms with Crippen molar-refractivity contribution in [2.75, 3.05) is 0 Å². The third-order valence-corrected chi connectivity index (χ3v) is 4.88. The van der Waals surface area contributed by atoms with Crippen molar-refractivity contribution in [1.82, 2.24) is 5.32 Å². The molecule has 0 heterocycles. The third kappa shape index (κ3) is 2.73. The molecule has 2 aliphatic rings. The van der Waals surface area contributed by atoms with E-state index in [9.17, 15) is 4.79 Å². The topological polar surface area (TPSA) is 55.1 Å². The zero-order valence-corrected chi connectivity index (χ0v) is 12.2. The van der Waals surface area contributed by atoms with Crippen LogP contribution in [-0.4, -0.2) is 11.9 Å². The Labute approximate surface area is 120 Å². The molecule has 2 aliphatic carbocycles. The zero-order valence-electron chi connectivity index (χ0n) is 12.2. The molecule has 0 aromatic heterocycles. The maximum absolute atomic E-state index is 12.2. The Balaban J connectivity index is 1.61. The fourth-order valence-corrected chi connectivity index (χ4v) is 3.71. The lowest BCUT2D eigenvalue weighted by molar-refractivity contribution is -0.122. The smallest absolute Gasteiger partial charge is 0.220 e. The second-order valence-corrected chi connectivity index (χ2v) is 6.42. The normalized spacial score (nSPS) is 28.4. The Bertz CT molecular complexity index is 512. The maximum atomic E-state index is 12.2. The highest BCUT2D eigenvalue weighted by atomic mass is 16.1. The number of carbonyl (C=O) groups is 1. The second-order valence-electron chi connectivity index (χ2n) is 6.42. The number of carbonyl (C=O) groups excluding carboxylic acids is 1. The Kier molecular flexibility index (Phi) is 3.79. The van der Waals surface area contributed by atoms with Crippen LogP contribution in [-0.2, 0) is 11.2 Å². The molecule has 1 saturated carbocycles. The molecule has 3 rings (SSSR count). The largest absolute Gasteiger partial charge is 0.349 e. The zero-order chi connectivity index (χ0) is 14.1. The molecule has 1 fully saturated rings. The van der Waals surface area contributed by atoms with Crippen LogP contribution in [0.5, 0.6) is 0 Å². The highest BCUT2D eigenvalue weighted by molar-refractivity contribution is 5.77. The van der Waals surface area contributed by atoms with Crippen molar-refractivity contribution < 1.29 is 4.79 Å². The lowest BCUT2D eigenvalue weighted by Crippen LogP contribution is -2.33. The number of amides is 1. The first-order valence-electron chi connectivity index (χ1n) is 7.78. The van der Waals surface area contributed by atoms with Gasteiger partial charge in [0.1, 0.15) is 0 Å². The molecule has 1 unspecified atom stereocenters. The minimum absolute atomic E-state index is 0.172. The Morgan fingerprint density at radius 3 is 2.95 bits per heavy atom. The predicted octanol–water partition coefficient (Wildman–Crippen LogP) is 2.62. The van der Waals surface area contributed by atoms with Crippen molar-refractivity contribution in [2.24, 2.45) is 11.7 Å². The van der Waals surface area contributed by atoms with Gasteiger partial charge in [0.05, 0.1) is 6.04 Å². The van der Waals surface area contributed by atoms with E-state index in [4.69, 9.17) is 5.73 Å². The van der Waals surface area contributed by atoms with Crippen LogP contribution in [0.15, 0.2) is 18.2 Å². The van der Waals surface area contributed by atoms with E-state index in [1.165, 1.54) is 23.1 Å². The van der Waals surface area contributed by atoms with Gasteiger partial charge < -0.3 is 11.1 Å². The van der Waals surface area contributed by atoms with Gasteiger partial charge >= 0.3 is 0 Å². The average molecular weight is 272 g/mol. The summed E-state index contributed by atoms with van der Waals surface area (Å²) in [5.41, 5.74) is 10.0. The lowest BCUT2D eigenvalue weighted by atomic mass is 9.99. The number of aryl methyl sites for hydroxylation is 2. The van der Waals surface area contributed by atoms with Gasteiger partial charge in [-0.05, 0) is 49.7 Å². The molecule has 108 valence electrons. The first-order valence-corrected chi connectivity index (χ1v) is 7.78. The number of benzene rings is 1. The van der Waals surface area contributed by atoms with Crippen LogP contribution in [0.25, 0.3) is 0 Å². The molecule has 1 aromatic rings. The molecule has 0 aliphatic heterocycles. The number of nitrogens with one attached hydrogen (secondary N) is 1. The van der Waals surface area contributed by atoms with Gasteiger partial charge in [-0.3, -0.25) is 4.79 Å². The predicted molar refractivity (Wildman–Crippen MR) is 80.3 cm³/mol. The summed E-state index contributed by atoms with van der Waals surface area (Å²) in [6.45, 7) is 2.12. The summed E-state index contributed by atoms with van der Waals surface area (Å²) in [5.74, 6) is 0.555. The molecule has 3 heteroatoms. The van der Waals surface area contributed by atoms with E-state index in [0.717, 1.165) is 25.7 Å². The van der Waals surface area contributed by atoms with E-state index < -0.39 is 0 Å². The molecule has 0 bridgehead atoms. The average Bonchev–Trinajstić information content (AvgIpc) is 2.97. The monoisotopic (exact) mass is 272 g/mol. The molecular weight excluding hydrogens is 248 g/mol. The van der Waals surface area contributed by atoms with E-state index in [2.05, 4.69) is 30.4 Å². The van der Waals surface area contributed by atoms with Gasteiger partial charge in [-0.2, -0.15) is 0 Å². The summed E-state index contributed by atoms with van der Waals surface area (Å²) >= 11 is 0. The highest BCUT2D eigenvalue weighted by Crippen LogP contribution is 2.32. The van der Waals surface area contributed by atoms with E-state index in [1.807, 2.05) is 0 Å². The fourth-order valence-electron chi connectivity index (χ4n) is 3.71. The Morgan fingerprint density at radius 2 is 2.20 bits per heavy atom. The minimum atomic E-state index is 0.172. The van der Waals surface area contributed by atoms with E-state index in [1.54, 1.807) is 0 Å². The van der Waals surface area contributed by atoms with Crippen LogP contribution in [0.1, 0.15) is 54.8 Å². The Morgan fingerprint density at radius 1 is 1.35 bits per heavy atom. The molecular formula is C17H24N2O. The molecule has 3 atom stereocenters. The standard InChI is InChI=1S/C17H24N2O/c1-11-5-7-14-12(9-11)6-8-16(14)19-17(20)10-13-3-2-4-15(13)18/h5,7,9,13,15-16H,2-4,6,8,10,18H2,1H3,(H,19,20)/t13-,15+,16?/m0/s1. The Hall–Kier alpha value is -1.35. The molecule has 0 spiro atoms. The summed E-state index contributed by atoms with van der Waals surface area (Å²) < 4.78 is 0. The van der Waals surface area contributed by atoms with Crippen LogP contribution in [0.3, 0.4) is 0 Å². The molecule has 3 N–H and O–H groups in total. The summed E-state index contributed by atoms with van der Waals surface area (Å²) in [7, 11) is 0. The quantitative estimate of drug-likeness (QED) is 0.888. The van der Waals surface area contributed by atoms with Crippen LogP contribution in [0.4, 0.5) is 0 Å². The highest BCUT2D eigenvalue weighted by Gasteiger charge is 2.28. The fraction of sp³-hybridized carbons (Fsp3) is 0.588. The number of hydrogen-bond acceptors (Lipinski definition) is 2. The summed E-state index contributed by atoms with van der Waals surface area (Å²) in [6.07, 6.45) is 6.05. The number of fused-ring (bicyclic) bond motifs is 1. The third-order valence-electron chi connectivity index (χ3n) is 4.88. The van der Waals surface area contributed by atoms with E-state index in [-0.39, 0.29) is 18.0 Å². The van der Waals surface area contributed by atoms with Gasteiger partial charge in [0.15, 0.2) is 0 Å². The van der Waals surface area contributed by atoms with Gasteiger partial charge in [0, 0.05) is 12.5 Å². The van der Waals surface area contributed by atoms with Crippen molar-refractivity contribution in [2.45, 2.75) is 57.5 Å². The van der Waals surface area contributed by atoms with Gasteiger partial charge in [-0.25, -0.2) is 0 Å². The van der Waals surface area contributed by atoms with Crippen molar-refractivity contribution in [1.29, 1.82) is 0 Å². The van der Waals surface area contributed by atoms with Crippen molar-refractivity contribution in [3.05, 3.63) is 34.9 Å². The van der Waals surface area contributed by atoms with Gasteiger partial charge in [0.25, 0.3) is 0 Å². The number of rotatable bonds is 3. The first-order chi connectivity index (χ1) is 9.63. The summed E-state index contributed by atoms with van der Waals surface area (Å²) in [6, 6.07) is 6.98.